The molecule has 1 heterocycles. The van der Waals surface area contributed by atoms with Gasteiger partial charge in [0.15, 0.2) is 0 Å². The molecular weight excluding hydrogens is 205 g/mol. The summed E-state index contributed by atoms with van der Waals surface area (Å²) in [6.07, 6.45) is 2.80. The van der Waals surface area contributed by atoms with Crippen molar-refractivity contribution in [2.75, 3.05) is 0 Å². The summed E-state index contributed by atoms with van der Waals surface area (Å²) < 4.78 is 13.0. The van der Waals surface area contributed by atoms with Crippen LogP contribution in [0.1, 0.15) is 11.1 Å². The van der Waals surface area contributed by atoms with Crippen molar-refractivity contribution < 1.29 is 9.50 Å². The van der Waals surface area contributed by atoms with Gasteiger partial charge in [-0.15, -0.1) is 0 Å². The zero-order chi connectivity index (χ0) is 11.5. The molecule has 0 atom stereocenters. The highest BCUT2D eigenvalue weighted by molar-refractivity contribution is 5.63. The molecule has 16 heavy (non-hydrogen) atoms. The van der Waals surface area contributed by atoms with Crippen molar-refractivity contribution >= 4 is 0 Å². The maximum Gasteiger partial charge on any atom is 0.142 e. The summed E-state index contributed by atoms with van der Waals surface area (Å²) in [7, 11) is 0. The van der Waals surface area contributed by atoms with Gasteiger partial charge in [-0.3, -0.25) is 4.98 Å². The average molecular weight is 217 g/mol. The van der Waals surface area contributed by atoms with Gasteiger partial charge in [0.05, 0.1) is 12.8 Å². The molecule has 0 bridgehead atoms. The average Bonchev–Trinajstić information content (AvgIpc) is 2.29. The fourth-order valence-electron chi connectivity index (χ4n) is 1.62. The van der Waals surface area contributed by atoms with Gasteiger partial charge in [-0.25, -0.2) is 4.39 Å². The van der Waals surface area contributed by atoms with Crippen LogP contribution in [-0.4, -0.2) is 10.1 Å². The van der Waals surface area contributed by atoms with E-state index in [0.29, 0.717) is 0 Å². The zero-order valence-electron chi connectivity index (χ0n) is 8.94. The predicted molar refractivity (Wildman–Crippen MR) is 60.3 cm³/mol. The van der Waals surface area contributed by atoms with Gasteiger partial charge in [-0.1, -0.05) is 18.2 Å². The van der Waals surface area contributed by atoms with Crippen LogP contribution in [-0.2, 0) is 6.61 Å². The summed E-state index contributed by atoms with van der Waals surface area (Å²) in [5, 5.41) is 9.05. The van der Waals surface area contributed by atoms with E-state index in [2.05, 4.69) is 4.98 Å². The summed E-state index contributed by atoms with van der Waals surface area (Å²) in [5.74, 6) is -0.346. The van der Waals surface area contributed by atoms with Crippen molar-refractivity contribution in [1.29, 1.82) is 0 Å². The number of aliphatic hydroxyl groups is 1. The van der Waals surface area contributed by atoms with E-state index in [1.54, 1.807) is 6.20 Å². The lowest BCUT2D eigenvalue weighted by atomic mass is 10.0. The second-order valence-corrected chi connectivity index (χ2v) is 3.69. The van der Waals surface area contributed by atoms with E-state index < -0.39 is 0 Å². The number of hydrogen-bond acceptors (Lipinski definition) is 2. The molecule has 2 aromatic rings. The van der Waals surface area contributed by atoms with E-state index >= 15 is 0 Å². The van der Waals surface area contributed by atoms with Gasteiger partial charge >= 0.3 is 0 Å². The Morgan fingerprint density at radius 3 is 2.62 bits per heavy atom. The number of nitrogens with zero attached hydrogens (tertiary/aromatic N) is 1. The second-order valence-electron chi connectivity index (χ2n) is 3.69. The molecule has 1 N–H and O–H groups in total. The van der Waals surface area contributed by atoms with Crippen molar-refractivity contribution in [3.63, 3.8) is 0 Å². The van der Waals surface area contributed by atoms with Crippen LogP contribution in [0.2, 0.25) is 0 Å². The van der Waals surface area contributed by atoms with E-state index in [4.69, 9.17) is 5.11 Å². The van der Waals surface area contributed by atoms with Crippen molar-refractivity contribution in [1.82, 2.24) is 4.98 Å². The topological polar surface area (TPSA) is 33.1 Å². The van der Waals surface area contributed by atoms with E-state index in [-0.39, 0.29) is 12.4 Å². The molecule has 0 unspecified atom stereocenters. The molecule has 0 radical (unpaired) electrons. The molecule has 82 valence electrons. The normalized spacial score (nSPS) is 10.4. The minimum absolute atomic E-state index is 0.0213. The van der Waals surface area contributed by atoms with Crippen molar-refractivity contribution in [3.8, 4) is 11.1 Å². The largest absolute Gasteiger partial charge is 0.392 e. The lowest BCUT2D eigenvalue weighted by Gasteiger charge is -2.06. The smallest absolute Gasteiger partial charge is 0.142 e. The number of halogens is 1. The molecule has 0 fully saturated rings. The van der Waals surface area contributed by atoms with Gasteiger partial charge in [0.1, 0.15) is 5.82 Å². The lowest BCUT2D eigenvalue weighted by Crippen LogP contribution is -1.90. The highest BCUT2D eigenvalue weighted by Crippen LogP contribution is 2.22. The van der Waals surface area contributed by atoms with Crippen molar-refractivity contribution in [3.05, 3.63) is 53.6 Å². The van der Waals surface area contributed by atoms with Crippen LogP contribution in [0.4, 0.5) is 4.39 Å². The number of aromatic nitrogens is 1. The molecule has 0 aliphatic heterocycles. The van der Waals surface area contributed by atoms with Crippen LogP contribution in [0.3, 0.4) is 0 Å². The minimum Gasteiger partial charge on any atom is -0.392 e. The van der Waals surface area contributed by atoms with E-state index in [1.807, 2.05) is 25.1 Å². The third-order valence-corrected chi connectivity index (χ3v) is 2.55. The summed E-state index contributed by atoms with van der Waals surface area (Å²) >= 11 is 0. The van der Waals surface area contributed by atoms with Crippen LogP contribution in [0.25, 0.3) is 11.1 Å². The van der Waals surface area contributed by atoms with E-state index in [0.717, 1.165) is 22.3 Å². The molecule has 0 saturated carbocycles. The number of hydrogen-bond donors (Lipinski definition) is 1. The van der Waals surface area contributed by atoms with Crippen molar-refractivity contribution in [2.45, 2.75) is 13.5 Å². The van der Waals surface area contributed by atoms with Crippen LogP contribution in [0, 0.1) is 12.7 Å². The number of aryl methyl sites for hydroxylation is 1. The first-order chi connectivity index (χ1) is 7.70. The zero-order valence-corrected chi connectivity index (χ0v) is 8.94. The maximum atomic E-state index is 13.0. The molecule has 2 rings (SSSR count). The van der Waals surface area contributed by atoms with Crippen LogP contribution in [0.15, 0.2) is 36.7 Å². The fourth-order valence-corrected chi connectivity index (χ4v) is 1.62. The lowest BCUT2D eigenvalue weighted by molar-refractivity contribution is 0.281. The third-order valence-electron chi connectivity index (χ3n) is 2.55. The first kappa shape index (κ1) is 10.8. The SMILES string of the molecule is Cc1cc(-c2cncc(F)c2)ccc1CO. The Balaban J connectivity index is 2.45. The van der Waals surface area contributed by atoms with E-state index in [1.165, 1.54) is 12.3 Å². The number of benzene rings is 1. The Kier molecular flexibility index (Phi) is 2.97. The number of aliphatic hydroxyl groups excluding tert-OH is 1. The second kappa shape index (κ2) is 4.41. The summed E-state index contributed by atoms with van der Waals surface area (Å²) in [4.78, 5) is 3.81. The Bertz CT molecular complexity index is 511. The first-order valence-corrected chi connectivity index (χ1v) is 5.02. The van der Waals surface area contributed by atoms with E-state index in [9.17, 15) is 4.39 Å². The minimum atomic E-state index is -0.346. The predicted octanol–water partition coefficient (Wildman–Crippen LogP) is 2.69. The highest BCUT2D eigenvalue weighted by Gasteiger charge is 2.02. The Morgan fingerprint density at radius 1 is 1.19 bits per heavy atom. The molecule has 0 saturated heterocycles. The number of pyridine rings is 1. The standard InChI is InChI=1S/C13H12FNO/c1-9-4-10(2-3-11(9)8-16)12-5-13(14)7-15-6-12/h2-7,16H,8H2,1H3. The van der Waals surface area contributed by atoms with Gasteiger partial charge in [0.2, 0.25) is 0 Å². The summed E-state index contributed by atoms with van der Waals surface area (Å²) in [5.41, 5.74) is 3.52. The molecule has 2 nitrogen and oxygen atoms in total. The monoisotopic (exact) mass is 217 g/mol. The summed E-state index contributed by atoms with van der Waals surface area (Å²) in [6.45, 7) is 1.94. The molecule has 1 aromatic heterocycles. The third kappa shape index (κ3) is 2.09. The Labute approximate surface area is 93.4 Å². The quantitative estimate of drug-likeness (QED) is 0.839. The van der Waals surface area contributed by atoms with Gasteiger partial charge in [0.25, 0.3) is 0 Å². The van der Waals surface area contributed by atoms with Crippen LogP contribution in [0.5, 0.6) is 0 Å². The Hall–Kier alpha value is -1.74. The molecule has 0 aliphatic carbocycles. The first-order valence-electron chi connectivity index (χ1n) is 5.02. The molecule has 0 amide bonds. The summed E-state index contributed by atoms with van der Waals surface area (Å²) in [6, 6.07) is 7.06. The van der Waals surface area contributed by atoms with Gasteiger partial charge in [0, 0.05) is 11.8 Å². The Morgan fingerprint density at radius 2 is 2.00 bits per heavy atom. The molecular formula is C13H12FNO. The molecule has 0 spiro atoms. The highest BCUT2D eigenvalue weighted by atomic mass is 19.1. The molecule has 1 aromatic carbocycles. The van der Waals surface area contributed by atoms with Crippen LogP contribution >= 0.6 is 0 Å². The van der Waals surface area contributed by atoms with Crippen molar-refractivity contribution in [2.24, 2.45) is 0 Å². The fraction of sp³-hybridized carbons (Fsp3) is 0.154. The van der Waals surface area contributed by atoms with Crippen LogP contribution < -0.4 is 0 Å². The molecule has 3 heteroatoms. The van der Waals surface area contributed by atoms with Gasteiger partial charge < -0.3 is 5.11 Å². The van der Waals surface area contributed by atoms with Gasteiger partial charge in [-0.05, 0) is 29.7 Å². The van der Waals surface area contributed by atoms with Gasteiger partial charge in [-0.2, -0.15) is 0 Å². The number of rotatable bonds is 2. The molecule has 0 aliphatic rings. The maximum absolute atomic E-state index is 13.0.